The van der Waals surface area contributed by atoms with Crippen LogP contribution in [0, 0.1) is 6.92 Å². The topological polar surface area (TPSA) is 68.0 Å². The number of carbonyl (C=O) groups excluding carboxylic acids is 1. The molecule has 4 nitrogen and oxygen atoms in total. The standard InChI is InChI=1S/C14H15N3OS/c1-10-3-2-4-12(15)14(10)17-13(18)9-19-11-5-7-16-8-6-11/h2-8H,9,15H2,1H3,(H,17,18). The second kappa shape index (κ2) is 6.24. The summed E-state index contributed by atoms with van der Waals surface area (Å²) in [5.41, 5.74) is 8.09. The average molecular weight is 273 g/mol. The van der Waals surface area contributed by atoms with Gasteiger partial charge in [0.05, 0.1) is 17.1 Å². The second-order valence-electron chi connectivity index (χ2n) is 4.06. The van der Waals surface area contributed by atoms with Crippen LogP contribution in [0.15, 0.2) is 47.6 Å². The number of rotatable bonds is 4. The first-order valence-corrected chi connectivity index (χ1v) is 6.83. The third-order valence-electron chi connectivity index (χ3n) is 2.59. The molecule has 0 aliphatic heterocycles. The van der Waals surface area contributed by atoms with Crippen molar-refractivity contribution >= 4 is 29.0 Å². The number of carbonyl (C=O) groups is 1. The molecule has 98 valence electrons. The van der Waals surface area contributed by atoms with Crippen LogP contribution in [-0.4, -0.2) is 16.6 Å². The van der Waals surface area contributed by atoms with Crippen LogP contribution in [0.4, 0.5) is 11.4 Å². The Balaban J connectivity index is 1.95. The van der Waals surface area contributed by atoms with Crippen LogP contribution in [0.1, 0.15) is 5.56 Å². The number of aryl methyl sites for hydroxylation is 1. The van der Waals surface area contributed by atoms with Crippen molar-refractivity contribution in [2.24, 2.45) is 0 Å². The van der Waals surface area contributed by atoms with Gasteiger partial charge in [-0.3, -0.25) is 9.78 Å². The van der Waals surface area contributed by atoms with Gasteiger partial charge in [-0.15, -0.1) is 11.8 Å². The number of benzene rings is 1. The van der Waals surface area contributed by atoms with Gasteiger partial charge < -0.3 is 11.1 Å². The summed E-state index contributed by atoms with van der Waals surface area (Å²) in [5, 5.41) is 2.85. The van der Waals surface area contributed by atoms with Crippen LogP contribution in [0.3, 0.4) is 0 Å². The van der Waals surface area contributed by atoms with Crippen LogP contribution < -0.4 is 11.1 Å². The Bertz CT molecular complexity index is 552. The van der Waals surface area contributed by atoms with E-state index in [0.29, 0.717) is 17.1 Å². The maximum absolute atomic E-state index is 11.9. The molecular formula is C14H15N3OS. The van der Waals surface area contributed by atoms with E-state index in [1.807, 2.05) is 31.2 Å². The molecule has 0 atom stereocenters. The number of anilines is 2. The van der Waals surface area contributed by atoms with E-state index in [-0.39, 0.29) is 5.91 Å². The largest absolute Gasteiger partial charge is 0.397 e. The maximum Gasteiger partial charge on any atom is 0.234 e. The quantitative estimate of drug-likeness (QED) is 0.664. The van der Waals surface area contributed by atoms with Crippen molar-refractivity contribution in [3.8, 4) is 0 Å². The van der Waals surface area contributed by atoms with Gasteiger partial charge in [0.2, 0.25) is 5.91 Å². The molecule has 0 saturated carbocycles. The number of nitrogens with two attached hydrogens (primary N) is 1. The van der Waals surface area contributed by atoms with E-state index in [9.17, 15) is 4.79 Å². The Morgan fingerprint density at radius 2 is 2.05 bits per heavy atom. The molecule has 0 radical (unpaired) electrons. The van der Waals surface area contributed by atoms with E-state index in [1.54, 1.807) is 18.5 Å². The van der Waals surface area contributed by atoms with E-state index in [2.05, 4.69) is 10.3 Å². The van der Waals surface area contributed by atoms with Gasteiger partial charge in [0, 0.05) is 17.3 Å². The number of para-hydroxylation sites is 1. The minimum Gasteiger partial charge on any atom is -0.397 e. The SMILES string of the molecule is Cc1cccc(N)c1NC(=O)CSc1ccncc1. The molecule has 1 amide bonds. The molecule has 1 aromatic heterocycles. The average Bonchev–Trinajstić information content (AvgIpc) is 2.42. The first-order chi connectivity index (χ1) is 9.16. The molecule has 0 aliphatic carbocycles. The van der Waals surface area contributed by atoms with E-state index >= 15 is 0 Å². The van der Waals surface area contributed by atoms with Crippen molar-refractivity contribution in [1.82, 2.24) is 4.98 Å². The van der Waals surface area contributed by atoms with Crippen LogP contribution >= 0.6 is 11.8 Å². The van der Waals surface area contributed by atoms with Crippen LogP contribution in [0.5, 0.6) is 0 Å². The molecule has 3 N–H and O–H groups in total. The fourth-order valence-corrected chi connectivity index (χ4v) is 2.30. The highest BCUT2D eigenvalue weighted by atomic mass is 32.2. The van der Waals surface area contributed by atoms with Crippen molar-refractivity contribution in [1.29, 1.82) is 0 Å². The fourth-order valence-electron chi connectivity index (χ4n) is 1.62. The summed E-state index contributed by atoms with van der Waals surface area (Å²) in [4.78, 5) is 16.8. The van der Waals surface area contributed by atoms with Gasteiger partial charge >= 0.3 is 0 Å². The Kier molecular flexibility index (Phi) is 4.41. The van der Waals surface area contributed by atoms with Crippen LogP contribution in [0.2, 0.25) is 0 Å². The number of hydrogen-bond donors (Lipinski definition) is 2. The summed E-state index contributed by atoms with van der Waals surface area (Å²) >= 11 is 1.47. The van der Waals surface area contributed by atoms with Gasteiger partial charge in [0.25, 0.3) is 0 Å². The highest BCUT2D eigenvalue weighted by molar-refractivity contribution is 8.00. The van der Waals surface area contributed by atoms with Gasteiger partial charge in [-0.1, -0.05) is 12.1 Å². The summed E-state index contributed by atoms with van der Waals surface area (Å²) in [6, 6.07) is 9.31. The Morgan fingerprint density at radius 3 is 2.74 bits per heavy atom. The number of aromatic nitrogens is 1. The lowest BCUT2D eigenvalue weighted by molar-refractivity contribution is -0.113. The number of amides is 1. The van der Waals surface area contributed by atoms with Crippen LogP contribution in [-0.2, 0) is 4.79 Å². The van der Waals surface area contributed by atoms with E-state index in [0.717, 1.165) is 10.5 Å². The molecule has 2 aromatic rings. The van der Waals surface area contributed by atoms with Crippen molar-refractivity contribution in [2.45, 2.75) is 11.8 Å². The zero-order chi connectivity index (χ0) is 13.7. The van der Waals surface area contributed by atoms with Crippen LogP contribution in [0.25, 0.3) is 0 Å². The number of nitrogens with one attached hydrogen (secondary N) is 1. The Hall–Kier alpha value is -2.01. The zero-order valence-corrected chi connectivity index (χ0v) is 11.4. The Labute approximate surface area is 116 Å². The highest BCUT2D eigenvalue weighted by Gasteiger charge is 2.08. The zero-order valence-electron chi connectivity index (χ0n) is 10.6. The van der Waals surface area contributed by atoms with Crippen molar-refractivity contribution in [2.75, 3.05) is 16.8 Å². The lowest BCUT2D eigenvalue weighted by Gasteiger charge is -2.10. The molecular weight excluding hydrogens is 258 g/mol. The minimum absolute atomic E-state index is 0.0668. The lowest BCUT2D eigenvalue weighted by Crippen LogP contribution is -2.16. The normalized spacial score (nSPS) is 10.2. The fraction of sp³-hybridized carbons (Fsp3) is 0.143. The number of pyridine rings is 1. The van der Waals surface area contributed by atoms with Gasteiger partial charge in [-0.25, -0.2) is 0 Å². The predicted octanol–water partition coefficient (Wildman–Crippen LogP) is 2.70. The molecule has 0 bridgehead atoms. The molecule has 0 aliphatic rings. The molecule has 0 fully saturated rings. The maximum atomic E-state index is 11.9. The molecule has 5 heteroatoms. The summed E-state index contributed by atoms with van der Waals surface area (Å²) in [7, 11) is 0. The van der Waals surface area contributed by atoms with Crippen molar-refractivity contribution < 1.29 is 4.79 Å². The molecule has 19 heavy (non-hydrogen) atoms. The summed E-state index contributed by atoms with van der Waals surface area (Å²) in [6.07, 6.45) is 3.42. The monoisotopic (exact) mass is 273 g/mol. The molecule has 2 rings (SSSR count). The highest BCUT2D eigenvalue weighted by Crippen LogP contribution is 2.23. The first-order valence-electron chi connectivity index (χ1n) is 5.84. The van der Waals surface area contributed by atoms with Crippen molar-refractivity contribution in [3.63, 3.8) is 0 Å². The molecule has 0 spiro atoms. The molecule has 1 aromatic carbocycles. The second-order valence-corrected chi connectivity index (χ2v) is 5.11. The summed E-state index contributed by atoms with van der Waals surface area (Å²) in [6.45, 7) is 1.92. The first kappa shape index (κ1) is 13.4. The van der Waals surface area contributed by atoms with Gasteiger partial charge in [-0.05, 0) is 30.7 Å². The smallest absolute Gasteiger partial charge is 0.234 e. The third kappa shape index (κ3) is 3.72. The predicted molar refractivity (Wildman–Crippen MR) is 79.2 cm³/mol. The summed E-state index contributed by atoms with van der Waals surface area (Å²) < 4.78 is 0. The minimum atomic E-state index is -0.0668. The molecule has 1 heterocycles. The van der Waals surface area contributed by atoms with Crippen molar-refractivity contribution in [3.05, 3.63) is 48.3 Å². The number of nitrogen functional groups attached to an aromatic ring is 1. The molecule has 0 saturated heterocycles. The van der Waals surface area contributed by atoms with Gasteiger partial charge in [0.15, 0.2) is 0 Å². The van der Waals surface area contributed by atoms with E-state index in [4.69, 9.17) is 5.73 Å². The van der Waals surface area contributed by atoms with E-state index in [1.165, 1.54) is 11.8 Å². The summed E-state index contributed by atoms with van der Waals surface area (Å²) in [5.74, 6) is 0.278. The van der Waals surface area contributed by atoms with Gasteiger partial charge in [-0.2, -0.15) is 0 Å². The lowest BCUT2D eigenvalue weighted by atomic mass is 10.1. The Morgan fingerprint density at radius 1 is 1.32 bits per heavy atom. The molecule has 0 unspecified atom stereocenters. The third-order valence-corrected chi connectivity index (χ3v) is 3.60. The van der Waals surface area contributed by atoms with Gasteiger partial charge in [0.1, 0.15) is 0 Å². The van der Waals surface area contributed by atoms with E-state index < -0.39 is 0 Å². The number of hydrogen-bond acceptors (Lipinski definition) is 4. The number of nitrogens with zero attached hydrogens (tertiary/aromatic N) is 1. The number of thioether (sulfide) groups is 1.